The van der Waals surface area contributed by atoms with E-state index in [-0.39, 0.29) is 17.1 Å². The average molecular weight is 374 g/mol. The van der Waals surface area contributed by atoms with Gasteiger partial charge in [0.05, 0.1) is 12.4 Å². The van der Waals surface area contributed by atoms with Crippen LogP contribution in [0.4, 0.5) is 0 Å². The molecule has 0 bridgehead atoms. The van der Waals surface area contributed by atoms with Crippen LogP contribution in [-0.2, 0) is 4.74 Å². The third-order valence-corrected chi connectivity index (χ3v) is 6.76. The van der Waals surface area contributed by atoms with Crippen LogP contribution < -0.4 is 4.74 Å². The van der Waals surface area contributed by atoms with Gasteiger partial charge in [-0.2, -0.15) is 0 Å². The highest BCUT2D eigenvalue weighted by Crippen LogP contribution is 2.67. The molecule has 0 radical (unpaired) electrons. The molecule has 2 aliphatic rings. The van der Waals surface area contributed by atoms with Gasteiger partial charge < -0.3 is 9.47 Å². The first-order chi connectivity index (χ1) is 13.3. The summed E-state index contributed by atoms with van der Waals surface area (Å²) < 4.78 is 11.8. The highest BCUT2D eigenvalue weighted by Gasteiger charge is 2.70. The lowest BCUT2D eigenvalue weighted by Gasteiger charge is -2.30. The van der Waals surface area contributed by atoms with Crippen molar-refractivity contribution in [3.63, 3.8) is 0 Å². The number of fused-ring (bicyclic) bond motifs is 1. The normalized spacial score (nSPS) is 25.9. The molecule has 1 fully saturated rings. The van der Waals surface area contributed by atoms with Gasteiger partial charge in [-0.15, -0.1) is 11.8 Å². The van der Waals surface area contributed by atoms with Crippen molar-refractivity contribution in [2.24, 2.45) is 0 Å². The number of rotatable bonds is 3. The zero-order valence-corrected chi connectivity index (χ0v) is 15.6. The van der Waals surface area contributed by atoms with Crippen molar-refractivity contribution >= 4 is 17.5 Å². The predicted molar refractivity (Wildman–Crippen MR) is 105 cm³/mol. The number of epoxide rings is 1. The second-order valence-electron chi connectivity index (χ2n) is 6.77. The SMILES string of the molecule is COc1ccccc1[C@@H]1O[C@@]12C(=O)c1ccccc1S[C@H]2c1ccccc1. The minimum absolute atomic E-state index is 0.0570. The van der Waals surface area contributed by atoms with Crippen molar-refractivity contribution in [3.8, 4) is 5.75 Å². The van der Waals surface area contributed by atoms with Crippen LogP contribution in [0.3, 0.4) is 0 Å². The lowest BCUT2D eigenvalue weighted by Crippen LogP contribution is -2.35. The Kier molecular flexibility index (Phi) is 3.85. The van der Waals surface area contributed by atoms with Gasteiger partial charge in [0, 0.05) is 16.0 Å². The molecule has 1 spiro atoms. The van der Waals surface area contributed by atoms with Crippen LogP contribution in [0.1, 0.15) is 32.8 Å². The molecule has 0 saturated carbocycles. The predicted octanol–water partition coefficient (Wildman–Crippen LogP) is 5.24. The Morgan fingerprint density at radius 3 is 2.44 bits per heavy atom. The maximum absolute atomic E-state index is 13.6. The molecule has 4 heteroatoms. The first-order valence-corrected chi connectivity index (χ1v) is 9.80. The van der Waals surface area contributed by atoms with E-state index in [1.165, 1.54) is 0 Å². The highest BCUT2D eigenvalue weighted by atomic mass is 32.2. The molecule has 0 N–H and O–H groups in total. The van der Waals surface area contributed by atoms with Gasteiger partial charge in [-0.1, -0.05) is 66.7 Å². The van der Waals surface area contributed by atoms with Crippen molar-refractivity contribution in [3.05, 3.63) is 95.6 Å². The average Bonchev–Trinajstić information content (AvgIpc) is 3.47. The van der Waals surface area contributed by atoms with E-state index in [2.05, 4.69) is 12.1 Å². The van der Waals surface area contributed by atoms with Crippen LogP contribution in [0.15, 0.2) is 83.8 Å². The van der Waals surface area contributed by atoms with Crippen molar-refractivity contribution in [2.45, 2.75) is 21.9 Å². The fourth-order valence-electron chi connectivity index (χ4n) is 3.95. The molecule has 3 aromatic rings. The van der Waals surface area contributed by atoms with Crippen LogP contribution in [0.5, 0.6) is 5.75 Å². The van der Waals surface area contributed by atoms with Gasteiger partial charge in [-0.25, -0.2) is 0 Å². The van der Waals surface area contributed by atoms with Gasteiger partial charge in [0.1, 0.15) is 11.9 Å². The van der Waals surface area contributed by atoms with E-state index < -0.39 is 5.60 Å². The van der Waals surface area contributed by atoms with E-state index in [0.29, 0.717) is 0 Å². The van der Waals surface area contributed by atoms with E-state index in [0.717, 1.165) is 27.3 Å². The van der Waals surface area contributed by atoms with Gasteiger partial charge >= 0.3 is 0 Å². The molecule has 27 heavy (non-hydrogen) atoms. The molecular weight excluding hydrogens is 356 g/mol. The van der Waals surface area contributed by atoms with E-state index >= 15 is 0 Å². The van der Waals surface area contributed by atoms with Crippen LogP contribution in [-0.4, -0.2) is 18.5 Å². The Morgan fingerprint density at radius 2 is 1.63 bits per heavy atom. The monoisotopic (exact) mass is 374 g/mol. The third-order valence-electron chi connectivity index (χ3n) is 5.29. The summed E-state index contributed by atoms with van der Waals surface area (Å²) >= 11 is 1.71. The number of para-hydroxylation sites is 1. The Bertz CT molecular complexity index is 1020. The highest BCUT2D eigenvalue weighted by molar-refractivity contribution is 7.99. The number of hydrogen-bond donors (Lipinski definition) is 0. The molecule has 0 aromatic heterocycles. The first-order valence-electron chi connectivity index (χ1n) is 8.92. The summed E-state index contributed by atoms with van der Waals surface area (Å²) in [4.78, 5) is 14.6. The third kappa shape index (κ3) is 2.44. The van der Waals surface area contributed by atoms with Crippen molar-refractivity contribution in [2.75, 3.05) is 7.11 Å². The molecule has 1 saturated heterocycles. The molecule has 134 valence electrons. The van der Waals surface area contributed by atoms with E-state index in [1.807, 2.05) is 66.7 Å². The quantitative estimate of drug-likeness (QED) is 0.588. The number of ether oxygens (including phenoxy) is 2. The van der Waals surface area contributed by atoms with Gasteiger partial charge in [0.15, 0.2) is 11.4 Å². The number of hydrogen-bond acceptors (Lipinski definition) is 4. The van der Waals surface area contributed by atoms with Crippen LogP contribution >= 0.6 is 11.8 Å². The summed E-state index contributed by atoms with van der Waals surface area (Å²) in [7, 11) is 1.65. The van der Waals surface area contributed by atoms with Gasteiger partial charge in [0.2, 0.25) is 0 Å². The fraction of sp³-hybridized carbons (Fsp3) is 0.174. The topological polar surface area (TPSA) is 38.8 Å². The Balaban J connectivity index is 1.66. The number of Topliss-reactive ketones (excluding diaryl/α,β-unsaturated/α-hetero) is 1. The molecule has 3 nitrogen and oxygen atoms in total. The van der Waals surface area contributed by atoms with Crippen LogP contribution in [0, 0.1) is 0 Å². The summed E-state index contributed by atoms with van der Waals surface area (Å²) in [6.07, 6.45) is -0.313. The molecule has 2 aliphatic heterocycles. The summed E-state index contributed by atoms with van der Waals surface area (Å²) in [6.45, 7) is 0. The number of methoxy groups -OCH3 is 1. The second-order valence-corrected chi connectivity index (χ2v) is 7.91. The standard InChI is InChI=1S/C23H18O3S/c1-25-18-13-7-5-11-16(18)21-23(26-21)20(24)17-12-6-8-14-19(17)27-22(23)15-9-3-2-4-10-15/h2-14,21-22H,1H3/t21-,22-,23-/m0/s1. The maximum atomic E-state index is 13.6. The van der Waals surface area contributed by atoms with Gasteiger partial charge in [-0.05, 0) is 17.7 Å². The van der Waals surface area contributed by atoms with Gasteiger partial charge in [-0.3, -0.25) is 4.79 Å². The Labute approximate surface area is 162 Å². The zero-order chi connectivity index (χ0) is 18.4. The molecule has 3 atom stereocenters. The first kappa shape index (κ1) is 16.6. The summed E-state index contributed by atoms with van der Waals surface area (Å²) in [5, 5.41) is -0.101. The lowest BCUT2D eigenvalue weighted by atomic mass is 9.84. The summed E-state index contributed by atoms with van der Waals surface area (Å²) in [5.74, 6) is 0.810. The van der Waals surface area contributed by atoms with E-state index in [9.17, 15) is 4.79 Å². The maximum Gasteiger partial charge on any atom is 0.200 e. The smallest absolute Gasteiger partial charge is 0.200 e. The van der Waals surface area contributed by atoms with Crippen molar-refractivity contribution in [1.29, 1.82) is 0 Å². The summed E-state index contributed by atoms with van der Waals surface area (Å²) in [5.41, 5.74) is 1.87. The number of thioether (sulfide) groups is 1. The Morgan fingerprint density at radius 1 is 0.926 bits per heavy atom. The molecule has 2 heterocycles. The Hall–Kier alpha value is -2.56. The largest absolute Gasteiger partial charge is 0.496 e. The van der Waals surface area contributed by atoms with Crippen molar-refractivity contribution < 1.29 is 14.3 Å². The molecular formula is C23H18O3S. The number of ketones is 1. The van der Waals surface area contributed by atoms with Crippen molar-refractivity contribution in [1.82, 2.24) is 0 Å². The number of benzene rings is 3. The van der Waals surface area contributed by atoms with Gasteiger partial charge in [0.25, 0.3) is 0 Å². The molecule has 0 amide bonds. The molecule has 5 rings (SSSR count). The van der Waals surface area contributed by atoms with E-state index in [4.69, 9.17) is 9.47 Å². The molecule has 0 unspecified atom stereocenters. The number of carbonyl (C=O) groups excluding carboxylic acids is 1. The minimum atomic E-state index is -0.894. The van der Waals surface area contributed by atoms with Crippen LogP contribution in [0.2, 0.25) is 0 Å². The molecule has 0 aliphatic carbocycles. The second kappa shape index (κ2) is 6.25. The fourth-order valence-corrected chi connectivity index (χ4v) is 5.41. The van der Waals surface area contributed by atoms with E-state index in [1.54, 1.807) is 18.9 Å². The zero-order valence-electron chi connectivity index (χ0n) is 14.8. The summed E-state index contributed by atoms with van der Waals surface area (Å²) in [6, 6.07) is 25.7. The minimum Gasteiger partial charge on any atom is -0.496 e. The lowest BCUT2D eigenvalue weighted by molar-refractivity contribution is 0.0861. The number of carbonyl (C=O) groups is 1. The van der Waals surface area contributed by atoms with Crippen LogP contribution in [0.25, 0.3) is 0 Å². The molecule has 3 aromatic carbocycles.